The first-order valence-corrected chi connectivity index (χ1v) is 8.12. The Bertz CT molecular complexity index is 846. The summed E-state index contributed by atoms with van der Waals surface area (Å²) in [6, 6.07) is 13.3. The molecule has 7 nitrogen and oxygen atoms in total. The van der Waals surface area contributed by atoms with Crippen molar-refractivity contribution in [1.82, 2.24) is 25.3 Å². The molecule has 118 valence electrons. The Hall–Kier alpha value is -3.00. The summed E-state index contributed by atoms with van der Waals surface area (Å²) in [5, 5.41) is 12.5. The molecule has 8 heteroatoms. The van der Waals surface area contributed by atoms with Gasteiger partial charge in [-0.25, -0.2) is 0 Å². The van der Waals surface area contributed by atoms with Crippen LogP contribution in [0.15, 0.2) is 69.0 Å². The maximum absolute atomic E-state index is 5.61. The fraction of sp³-hybridized carbons (Fsp3) is 0.0625. The number of rotatable bonds is 5. The van der Waals surface area contributed by atoms with Gasteiger partial charge in [0.05, 0.1) is 5.75 Å². The second-order valence-corrected chi connectivity index (χ2v) is 5.70. The number of hydrogen-bond donors (Lipinski definition) is 0. The molecule has 0 aliphatic carbocycles. The molecule has 4 aromatic rings. The summed E-state index contributed by atoms with van der Waals surface area (Å²) in [5.41, 5.74) is 1.74. The van der Waals surface area contributed by atoms with Crippen LogP contribution in [0.3, 0.4) is 0 Å². The van der Waals surface area contributed by atoms with Gasteiger partial charge in [0.15, 0.2) is 0 Å². The van der Waals surface area contributed by atoms with Crippen LogP contribution in [-0.2, 0) is 5.75 Å². The SMILES string of the molecule is c1ccc(-c2noc(CSc3nnc(-c4ccncc4)o3)n2)cc1. The largest absolute Gasteiger partial charge is 0.411 e. The lowest BCUT2D eigenvalue weighted by Gasteiger charge is -1.92. The van der Waals surface area contributed by atoms with E-state index in [4.69, 9.17) is 8.94 Å². The second-order valence-electron chi connectivity index (χ2n) is 4.78. The minimum atomic E-state index is 0.446. The number of benzene rings is 1. The minimum Gasteiger partial charge on any atom is -0.411 e. The third kappa shape index (κ3) is 3.18. The maximum atomic E-state index is 5.61. The zero-order valence-corrected chi connectivity index (χ0v) is 13.2. The van der Waals surface area contributed by atoms with Crippen LogP contribution in [0.1, 0.15) is 5.89 Å². The lowest BCUT2D eigenvalue weighted by atomic mass is 10.2. The molecule has 0 N–H and O–H groups in total. The zero-order valence-electron chi connectivity index (χ0n) is 12.4. The molecular weight excluding hydrogens is 326 g/mol. The first kappa shape index (κ1) is 14.6. The highest BCUT2D eigenvalue weighted by atomic mass is 32.2. The van der Waals surface area contributed by atoms with Gasteiger partial charge in [-0.05, 0) is 12.1 Å². The topological polar surface area (TPSA) is 90.7 Å². The molecular formula is C16H11N5O2S. The van der Waals surface area contributed by atoms with Crippen LogP contribution in [0.4, 0.5) is 0 Å². The van der Waals surface area contributed by atoms with Crippen LogP contribution >= 0.6 is 11.8 Å². The molecule has 0 atom stereocenters. The summed E-state index contributed by atoms with van der Waals surface area (Å²) in [4.78, 5) is 8.32. The number of aromatic nitrogens is 5. The Morgan fingerprint density at radius 1 is 0.917 bits per heavy atom. The normalized spacial score (nSPS) is 10.8. The Kier molecular flexibility index (Phi) is 4.03. The quantitative estimate of drug-likeness (QED) is 0.511. The van der Waals surface area contributed by atoms with Gasteiger partial charge < -0.3 is 8.94 Å². The minimum absolute atomic E-state index is 0.446. The van der Waals surface area contributed by atoms with Gasteiger partial charge in [-0.15, -0.1) is 10.2 Å². The molecule has 3 heterocycles. The van der Waals surface area contributed by atoms with Crippen molar-refractivity contribution in [2.75, 3.05) is 0 Å². The molecule has 1 aromatic carbocycles. The van der Waals surface area contributed by atoms with E-state index in [9.17, 15) is 0 Å². The first-order chi connectivity index (χ1) is 11.9. The fourth-order valence-corrected chi connectivity index (χ4v) is 2.62. The summed E-state index contributed by atoms with van der Waals surface area (Å²) < 4.78 is 10.9. The van der Waals surface area contributed by atoms with E-state index < -0.39 is 0 Å². The molecule has 3 aromatic heterocycles. The molecule has 0 fully saturated rings. The Balaban J connectivity index is 1.43. The van der Waals surface area contributed by atoms with Crippen molar-refractivity contribution in [2.24, 2.45) is 0 Å². The second kappa shape index (κ2) is 6.63. The summed E-state index contributed by atoms with van der Waals surface area (Å²) in [6.45, 7) is 0. The number of nitrogens with zero attached hydrogens (tertiary/aromatic N) is 5. The molecule has 0 saturated heterocycles. The number of pyridine rings is 1. The third-order valence-corrected chi connectivity index (χ3v) is 3.96. The van der Waals surface area contributed by atoms with E-state index in [1.807, 2.05) is 42.5 Å². The lowest BCUT2D eigenvalue weighted by Crippen LogP contribution is -1.82. The van der Waals surface area contributed by atoms with E-state index in [1.165, 1.54) is 11.8 Å². The van der Waals surface area contributed by atoms with Crippen molar-refractivity contribution in [3.8, 4) is 22.8 Å². The molecule has 0 saturated carbocycles. The third-order valence-electron chi connectivity index (χ3n) is 3.15. The Labute approximate surface area is 141 Å². The summed E-state index contributed by atoms with van der Waals surface area (Å²) >= 11 is 1.35. The monoisotopic (exact) mass is 337 g/mol. The molecule has 0 aliphatic heterocycles. The summed E-state index contributed by atoms with van der Waals surface area (Å²) in [6.07, 6.45) is 3.35. The highest BCUT2D eigenvalue weighted by molar-refractivity contribution is 7.98. The van der Waals surface area contributed by atoms with Crippen molar-refractivity contribution < 1.29 is 8.94 Å². The molecule has 24 heavy (non-hydrogen) atoms. The molecule has 0 unspecified atom stereocenters. The number of hydrogen-bond acceptors (Lipinski definition) is 8. The molecule has 0 bridgehead atoms. The van der Waals surface area contributed by atoms with Crippen LogP contribution < -0.4 is 0 Å². The van der Waals surface area contributed by atoms with Crippen molar-refractivity contribution in [1.29, 1.82) is 0 Å². The van der Waals surface area contributed by atoms with Crippen LogP contribution in [0.5, 0.6) is 0 Å². The Morgan fingerprint density at radius 3 is 2.58 bits per heavy atom. The fourth-order valence-electron chi connectivity index (χ4n) is 2.02. The Morgan fingerprint density at radius 2 is 1.75 bits per heavy atom. The highest BCUT2D eigenvalue weighted by Crippen LogP contribution is 2.25. The highest BCUT2D eigenvalue weighted by Gasteiger charge is 2.12. The summed E-state index contributed by atoms with van der Waals surface area (Å²) in [7, 11) is 0. The lowest BCUT2D eigenvalue weighted by molar-refractivity contribution is 0.391. The van der Waals surface area contributed by atoms with Gasteiger partial charge in [-0.1, -0.05) is 47.3 Å². The van der Waals surface area contributed by atoms with Gasteiger partial charge in [0, 0.05) is 23.5 Å². The van der Waals surface area contributed by atoms with Crippen molar-refractivity contribution in [3.05, 3.63) is 60.7 Å². The van der Waals surface area contributed by atoms with E-state index in [1.54, 1.807) is 12.4 Å². The van der Waals surface area contributed by atoms with Gasteiger partial charge in [0.1, 0.15) is 0 Å². The maximum Gasteiger partial charge on any atom is 0.277 e. The van der Waals surface area contributed by atoms with Crippen LogP contribution in [0.2, 0.25) is 0 Å². The van der Waals surface area contributed by atoms with E-state index in [0.717, 1.165) is 11.1 Å². The van der Waals surface area contributed by atoms with Gasteiger partial charge in [-0.3, -0.25) is 4.98 Å². The molecule has 0 amide bonds. The number of thioether (sulfide) groups is 1. The van der Waals surface area contributed by atoms with Crippen molar-refractivity contribution >= 4 is 11.8 Å². The van der Waals surface area contributed by atoms with Crippen LogP contribution in [0.25, 0.3) is 22.8 Å². The first-order valence-electron chi connectivity index (χ1n) is 7.13. The van der Waals surface area contributed by atoms with E-state index in [0.29, 0.717) is 28.6 Å². The van der Waals surface area contributed by atoms with Crippen molar-refractivity contribution in [3.63, 3.8) is 0 Å². The average Bonchev–Trinajstić information content (AvgIpc) is 3.31. The van der Waals surface area contributed by atoms with Crippen LogP contribution in [-0.4, -0.2) is 25.3 Å². The van der Waals surface area contributed by atoms with Gasteiger partial charge in [0.25, 0.3) is 5.22 Å². The predicted molar refractivity (Wildman–Crippen MR) is 86.8 cm³/mol. The van der Waals surface area contributed by atoms with E-state index in [2.05, 4.69) is 25.3 Å². The molecule has 0 radical (unpaired) electrons. The predicted octanol–water partition coefficient (Wildman–Crippen LogP) is 3.47. The van der Waals surface area contributed by atoms with Gasteiger partial charge in [-0.2, -0.15) is 4.98 Å². The van der Waals surface area contributed by atoms with E-state index >= 15 is 0 Å². The van der Waals surface area contributed by atoms with Gasteiger partial charge >= 0.3 is 0 Å². The summed E-state index contributed by atoms with van der Waals surface area (Å²) in [5.74, 6) is 1.98. The standard InChI is InChI=1S/C16H11N5O2S/c1-2-4-11(5-3-1)14-18-13(23-21-14)10-24-16-20-19-15(22-16)12-6-8-17-9-7-12/h1-9H,10H2. The van der Waals surface area contributed by atoms with Crippen molar-refractivity contribution in [2.45, 2.75) is 11.0 Å². The molecule has 4 rings (SSSR count). The zero-order chi connectivity index (χ0) is 16.2. The molecule has 0 spiro atoms. The van der Waals surface area contributed by atoms with Gasteiger partial charge in [0.2, 0.25) is 17.6 Å². The van der Waals surface area contributed by atoms with Crippen LogP contribution in [0, 0.1) is 0 Å². The molecule has 0 aliphatic rings. The van der Waals surface area contributed by atoms with E-state index in [-0.39, 0.29) is 0 Å². The average molecular weight is 337 g/mol. The smallest absolute Gasteiger partial charge is 0.277 e.